The lowest BCUT2D eigenvalue weighted by atomic mass is 10.1. The molecule has 2 amide bonds. The molecule has 0 bridgehead atoms. The summed E-state index contributed by atoms with van der Waals surface area (Å²) in [7, 11) is 3.39. The first kappa shape index (κ1) is 15.8. The Morgan fingerprint density at radius 2 is 2.15 bits per heavy atom. The van der Waals surface area contributed by atoms with E-state index in [2.05, 4.69) is 15.8 Å². The van der Waals surface area contributed by atoms with Gasteiger partial charge in [0.1, 0.15) is 0 Å². The van der Waals surface area contributed by atoms with E-state index in [-0.39, 0.29) is 11.9 Å². The number of hydrogen-bond donors (Lipinski definition) is 4. The lowest BCUT2D eigenvalue weighted by Crippen LogP contribution is -2.38. The summed E-state index contributed by atoms with van der Waals surface area (Å²) in [5, 5.41) is 17.6. The van der Waals surface area contributed by atoms with Gasteiger partial charge in [-0.15, -0.1) is 0 Å². The van der Waals surface area contributed by atoms with E-state index in [4.69, 9.17) is 10.9 Å². The Hall–Kier alpha value is -2.28. The third kappa shape index (κ3) is 5.15. The molecule has 0 spiro atoms. The van der Waals surface area contributed by atoms with Crippen LogP contribution in [0.3, 0.4) is 0 Å². The third-order valence-electron chi connectivity index (χ3n) is 2.64. The van der Waals surface area contributed by atoms with Gasteiger partial charge in [0, 0.05) is 39.3 Å². The average molecular weight is 279 g/mol. The summed E-state index contributed by atoms with van der Waals surface area (Å²) in [6.07, 6.45) is 0. The maximum atomic E-state index is 11.3. The van der Waals surface area contributed by atoms with E-state index in [1.54, 1.807) is 20.2 Å². The molecule has 1 aromatic carbocycles. The molecule has 0 aliphatic carbocycles. The molecule has 20 heavy (non-hydrogen) atoms. The van der Waals surface area contributed by atoms with Crippen LogP contribution in [0.25, 0.3) is 0 Å². The second-order valence-corrected chi connectivity index (χ2v) is 4.49. The number of hydrogen-bond acceptors (Lipinski definition) is 4. The van der Waals surface area contributed by atoms with Gasteiger partial charge < -0.3 is 26.5 Å². The van der Waals surface area contributed by atoms with Crippen LogP contribution in [0.15, 0.2) is 29.4 Å². The van der Waals surface area contributed by atoms with Crippen LogP contribution in [0, 0.1) is 0 Å². The van der Waals surface area contributed by atoms with Crippen LogP contribution in [0.5, 0.6) is 0 Å². The van der Waals surface area contributed by atoms with Crippen molar-refractivity contribution in [2.45, 2.75) is 6.54 Å². The summed E-state index contributed by atoms with van der Waals surface area (Å²) in [5.74, 6) is 0.0881. The Morgan fingerprint density at radius 1 is 1.40 bits per heavy atom. The Morgan fingerprint density at radius 3 is 2.80 bits per heavy atom. The van der Waals surface area contributed by atoms with E-state index < -0.39 is 0 Å². The molecule has 0 aliphatic heterocycles. The number of carbonyl (C=O) groups excluding carboxylic acids is 1. The smallest absolute Gasteiger partial charge is 0.316 e. The van der Waals surface area contributed by atoms with Gasteiger partial charge in [0.05, 0.1) is 0 Å². The summed E-state index contributed by atoms with van der Waals surface area (Å²) < 4.78 is 0. The van der Waals surface area contributed by atoms with Crippen molar-refractivity contribution in [3.63, 3.8) is 0 Å². The SMILES string of the molecule is CN(C)C(=O)NCCNCc1cccc(/C(N)=N/O)c1. The molecular formula is C13H21N5O2. The standard InChI is InChI=1S/C13H21N5O2/c1-18(2)13(19)16-7-6-15-9-10-4-3-5-11(8-10)12(14)17-20/h3-5,8,15,20H,6-7,9H2,1-2H3,(H2,14,17)(H,16,19). The molecule has 5 N–H and O–H groups in total. The summed E-state index contributed by atoms with van der Waals surface area (Å²) in [6.45, 7) is 1.86. The molecule has 7 nitrogen and oxygen atoms in total. The molecule has 0 fully saturated rings. The average Bonchev–Trinajstić information content (AvgIpc) is 2.46. The highest BCUT2D eigenvalue weighted by Gasteiger charge is 2.02. The van der Waals surface area contributed by atoms with E-state index >= 15 is 0 Å². The van der Waals surface area contributed by atoms with Gasteiger partial charge in [0.25, 0.3) is 0 Å². The van der Waals surface area contributed by atoms with Crippen molar-refractivity contribution in [3.05, 3.63) is 35.4 Å². The number of nitrogens with one attached hydrogen (secondary N) is 2. The fourth-order valence-corrected chi connectivity index (χ4v) is 1.55. The Bertz CT molecular complexity index is 474. The molecule has 1 rings (SSSR count). The van der Waals surface area contributed by atoms with Gasteiger partial charge in [0.15, 0.2) is 5.84 Å². The number of nitrogens with two attached hydrogens (primary N) is 1. The molecule has 0 atom stereocenters. The number of nitrogens with zero attached hydrogens (tertiary/aromatic N) is 2. The minimum absolute atomic E-state index is 0.0881. The highest BCUT2D eigenvalue weighted by atomic mass is 16.4. The Balaban J connectivity index is 2.34. The molecule has 0 aliphatic rings. The Labute approximate surface area is 118 Å². The van der Waals surface area contributed by atoms with Crippen LogP contribution in [-0.2, 0) is 6.54 Å². The van der Waals surface area contributed by atoms with Crippen molar-refractivity contribution in [1.82, 2.24) is 15.5 Å². The minimum Gasteiger partial charge on any atom is -0.409 e. The number of urea groups is 1. The van der Waals surface area contributed by atoms with Crippen molar-refractivity contribution >= 4 is 11.9 Å². The zero-order valence-corrected chi connectivity index (χ0v) is 11.8. The van der Waals surface area contributed by atoms with Gasteiger partial charge in [0.2, 0.25) is 0 Å². The van der Waals surface area contributed by atoms with Crippen LogP contribution < -0.4 is 16.4 Å². The van der Waals surface area contributed by atoms with Crippen LogP contribution in [0.1, 0.15) is 11.1 Å². The maximum Gasteiger partial charge on any atom is 0.316 e. The molecule has 0 saturated carbocycles. The lowest BCUT2D eigenvalue weighted by molar-refractivity contribution is 0.217. The van der Waals surface area contributed by atoms with Gasteiger partial charge in [-0.05, 0) is 11.6 Å². The van der Waals surface area contributed by atoms with Crippen molar-refractivity contribution < 1.29 is 10.0 Å². The van der Waals surface area contributed by atoms with E-state index in [1.165, 1.54) is 4.90 Å². The Kier molecular flexibility index (Phi) is 6.31. The summed E-state index contributed by atoms with van der Waals surface area (Å²) in [6, 6.07) is 7.30. The molecule has 0 unspecified atom stereocenters. The fourth-order valence-electron chi connectivity index (χ4n) is 1.55. The van der Waals surface area contributed by atoms with Crippen LogP contribution in [-0.4, -0.2) is 49.2 Å². The summed E-state index contributed by atoms with van der Waals surface area (Å²) >= 11 is 0. The summed E-state index contributed by atoms with van der Waals surface area (Å²) in [5.41, 5.74) is 7.22. The normalized spacial score (nSPS) is 11.2. The van der Waals surface area contributed by atoms with Gasteiger partial charge in [-0.25, -0.2) is 4.79 Å². The molecule has 7 heteroatoms. The zero-order valence-electron chi connectivity index (χ0n) is 11.8. The number of oxime groups is 1. The second kappa shape index (κ2) is 8.00. The van der Waals surface area contributed by atoms with Gasteiger partial charge in [-0.2, -0.15) is 0 Å². The minimum atomic E-state index is -0.110. The first-order valence-corrected chi connectivity index (χ1v) is 6.27. The molecule has 110 valence electrons. The molecular weight excluding hydrogens is 258 g/mol. The first-order chi connectivity index (χ1) is 9.54. The van der Waals surface area contributed by atoms with Crippen molar-refractivity contribution in [2.24, 2.45) is 10.9 Å². The van der Waals surface area contributed by atoms with E-state index in [0.29, 0.717) is 25.2 Å². The molecule has 0 saturated heterocycles. The molecule has 0 aromatic heterocycles. The second-order valence-electron chi connectivity index (χ2n) is 4.49. The quantitative estimate of drug-likeness (QED) is 0.195. The zero-order chi connectivity index (χ0) is 15.0. The predicted molar refractivity (Wildman–Crippen MR) is 77.7 cm³/mol. The molecule has 0 radical (unpaired) electrons. The monoisotopic (exact) mass is 279 g/mol. The fraction of sp³-hybridized carbons (Fsp3) is 0.385. The van der Waals surface area contributed by atoms with Crippen LogP contribution >= 0.6 is 0 Å². The van der Waals surface area contributed by atoms with Crippen LogP contribution in [0.4, 0.5) is 4.79 Å². The maximum absolute atomic E-state index is 11.3. The number of amides is 2. The van der Waals surface area contributed by atoms with Gasteiger partial charge >= 0.3 is 6.03 Å². The number of rotatable bonds is 6. The molecule has 0 heterocycles. The number of carbonyl (C=O) groups is 1. The highest BCUT2D eigenvalue weighted by Crippen LogP contribution is 2.04. The van der Waals surface area contributed by atoms with Crippen molar-refractivity contribution in [2.75, 3.05) is 27.2 Å². The van der Waals surface area contributed by atoms with E-state index in [9.17, 15) is 4.79 Å². The molecule has 1 aromatic rings. The van der Waals surface area contributed by atoms with Gasteiger partial charge in [-0.3, -0.25) is 0 Å². The van der Waals surface area contributed by atoms with Crippen LogP contribution in [0.2, 0.25) is 0 Å². The first-order valence-electron chi connectivity index (χ1n) is 6.27. The van der Waals surface area contributed by atoms with E-state index in [0.717, 1.165) is 5.56 Å². The third-order valence-corrected chi connectivity index (χ3v) is 2.64. The number of benzene rings is 1. The summed E-state index contributed by atoms with van der Waals surface area (Å²) in [4.78, 5) is 12.8. The van der Waals surface area contributed by atoms with Gasteiger partial charge in [-0.1, -0.05) is 23.4 Å². The lowest BCUT2D eigenvalue weighted by Gasteiger charge is -2.12. The van der Waals surface area contributed by atoms with Crippen molar-refractivity contribution in [1.29, 1.82) is 0 Å². The largest absolute Gasteiger partial charge is 0.409 e. The van der Waals surface area contributed by atoms with E-state index in [1.807, 2.05) is 18.2 Å². The topological polar surface area (TPSA) is 103 Å². The van der Waals surface area contributed by atoms with Crippen molar-refractivity contribution in [3.8, 4) is 0 Å². The number of amidine groups is 1. The highest BCUT2D eigenvalue weighted by molar-refractivity contribution is 5.97. The predicted octanol–water partition coefficient (Wildman–Crippen LogP) is 0.142.